The van der Waals surface area contributed by atoms with E-state index in [1.165, 1.54) is 0 Å². The molecule has 0 spiro atoms. The number of carbonyl (C=O) groups is 1. The summed E-state index contributed by atoms with van der Waals surface area (Å²) in [5, 5.41) is 4.20. The van der Waals surface area contributed by atoms with Crippen molar-refractivity contribution in [3.8, 4) is 0 Å². The Labute approximate surface area is 130 Å². The SMILES string of the molecule is Cc1ccc(N)cc1C(=O)N1CCN(c2cnn(C)c2)CC1. The van der Waals surface area contributed by atoms with Gasteiger partial charge in [-0.05, 0) is 24.6 Å². The molecule has 0 saturated carbocycles. The highest BCUT2D eigenvalue weighted by Crippen LogP contribution is 2.19. The van der Waals surface area contributed by atoms with Crippen LogP contribution in [0.15, 0.2) is 30.6 Å². The first kappa shape index (κ1) is 14.4. The molecule has 0 aliphatic carbocycles. The molecule has 2 heterocycles. The number of aryl methyl sites for hydroxylation is 2. The average Bonchev–Trinajstić information content (AvgIpc) is 2.96. The molecule has 3 rings (SSSR count). The zero-order valence-electron chi connectivity index (χ0n) is 13.0. The Morgan fingerprint density at radius 3 is 2.59 bits per heavy atom. The van der Waals surface area contributed by atoms with Crippen LogP contribution in [0.1, 0.15) is 15.9 Å². The summed E-state index contributed by atoms with van der Waals surface area (Å²) in [4.78, 5) is 16.8. The molecular weight excluding hydrogens is 278 g/mol. The number of nitrogens with two attached hydrogens (primary N) is 1. The van der Waals surface area contributed by atoms with Crippen LogP contribution in [0.5, 0.6) is 0 Å². The molecule has 2 aromatic rings. The Morgan fingerprint density at radius 2 is 1.95 bits per heavy atom. The summed E-state index contributed by atoms with van der Waals surface area (Å²) in [5.74, 6) is 0.0654. The van der Waals surface area contributed by atoms with Crippen molar-refractivity contribution >= 4 is 17.3 Å². The molecule has 22 heavy (non-hydrogen) atoms. The van der Waals surface area contributed by atoms with Crippen LogP contribution in [0.4, 0.5) is 11.4 Å². The van der Waals surface area contributed by atoms with Gasteiger partial charge in [0.1, 0.15) is 0 Å². The van der Waals surface area contributed by atoms with Crippen molar-refractivity contribution in [3.63, 3.8) is 0 Å². The lowest BCUT2D eigenvalue weighted by molar-refractivity contribution is 0.0746. The maximum Gasteiger partial charge on any atom is 0.254 e. The Hall–Kier alpha value is -2.50. The fourth-order valence-corrected chi connectivity index (χ4v) is 2.78. The summed E-state index contributed by atoms with van der Waals surface area (Å²) in [7, 11) is 1.91. The third-order valence-corrected chi connectivity index (χ3v) is 4.12. The zero-order valence-corrected chi connectivity index (χ0v) is 13.0. The Bertz CT molecular complexity index is 686. The fraction of sp³-hybridized carbons (Fsp3) is 0.375. The maximum absolute atomic E-state index is 12.7. The molecule has 1 fully saturated rings. The van der Waals surface area contributed by atoms with Gasteiger partial charge in [0.25, 0.3) is 5.91 Å². The van der Waals surface area contributed by atoms with Crippen LogP contribution < -0.4 is 10.6 Å². The van der Waals surface area contributed by atoms with Gasteiger partial charge in [-0.1, -0.05) is 6.07 Å². The molecule has 116 valence electrons. The van der Waals surface area contributed by atoms with Gasteiger partial charge in [-0.3, -0.25) is 9.48 Å². The van der Waals surface area contributed by atoms with E-state index in [1.54, 1.807) is 10.7 Å². The second-order valence-corrected chi connectivity index (χ2v) is 5.73. The molecule has 1 aliphatic heterocycles. The monoisotopic (exact) mass is 299 g/mol. The highest BCUT2D eigenvalue weighted by atomic mass is 16.2. The molecular formula is C16H21N5O. The number of rotatable bonds is 2. The van der Waals surface area contributed by atoms with Crippen molar-refractivity contribution in [3.05, 3.63) is 41.7 Å². The number of hydrogen-bond donors (Lipinski definition) is 1. The third-order valence-electron chi connectivity index (χ3n) is 4.12. The molecule has 2 N–H and O–H groups in total. The zero-order chi connectivity index (χ0) is 15.7. The van der Waals surface area contributed by atoms with E-state index < -0.39 is 0 Å². The van der Waals surface area contributed by atoms with Gasteiger partial charge in [-0.15, -0.1) is 0 Å². The first-order valence-electron chi connectivity index (χ1n) is 7.43. The summed E-state index contributed by atoms with van der Waals surface area (Å²) >= 11 is 0. The number of carbonyl (C=O) groups excluding carboxylic acids is 1. The lowest BCUT2D eigenvalue weighted by Gasteiger charge is -2.35. The molecule has 6 heteroatoms. The van der Waals surface area contributed by atoms with Gasteiger partial charge >= 0.3 is 0 Å². The van der Waals surface area contributed by atoms with Crippen molar-refractivity contribution in [2.75, 3.05) is 36.8 Å². The molecule has 6 nitrogen and oxygen atoms in total. The number of nitrogens with zero attached hydrogens (tertiary/aromatic N) is 4. The summed E-state index contributed by atoms with van der Waals surface area (Å²) in [6, 6.07) is 5.49. The van der Waals surface area contributed by atoms with Crippen LogP contribution in [0, 0.1) is 6.92 Å². The lowest BCUT2D eigenvalue weighted by atomic mass is 10.1. The van der Waals surface area contributed by atoms with Crippen LogP contribution in [0.3, 0.4) is 0 Å². The molecule has 1 aromatic carbocycles. The number of amides is 1. The molecule has 1 saturated heterocycles. The Morgan fingerprint density at radius 1 is 1.23 bits per heavy atom. The van der Waals surface area contributed by atoms with E-state index in [0.29, 0.717) is 24.3 Å². The predicted octanol–water partition coefficient (Wildman–Crippen LogP) is 1.27. The normalized spacial score (nSPS) is 15.2. The van der Waals surface area contributed by atoms with Crippen LogP contribution >= 0.6 is 0 Å². The van der Waals surface area contributed by atoms with Crippen molar-refractivity contribution in [2.24, 2.45) is 7.05 Å². The number of hydrogen-bond acceptors (Lipinski definition) is 4. The summed E-state index contributed by atoms with van der Waals surface area (Å²) < 4.78 is 1.79. The van der Waals surface area contributed by atoms with E-state index in [9.17, 15) is 4.79 Å². The van der Waals surface area contributed by atoms with Crippen LogP contribution in [-0.2, 0) is 7.05 Å². The van der Waals surface area contributed by atoms with E-state index in [-0.39, 0.29) is 5.91 Å². The van der Waals surface area contributed by atoms with Crippen LogP contribution in [0.25, 0.3) is 0 Å². The van der Waals surface area contributed by atoms with Crippen LogP contribution in [-0.4, -0.2) is 46.8 Å². The molecule has 0 radical (unpaired) electrons. The molecule has 0 atom stereocenters. The molecule has 1 aromatic heterocycles. The van der Waals surface area contributed by atoms with Gasteiger partial charge in [-0.25, -0.2) is 0 Å². The van der Waals surface area contributed by atoms with Gasteiger partial charge in [0.2, 0.25) is 0 Å². The number of aromatic nitrogens is 2. The summed E-state index contributed by atoms with van der Waals surface area (Å²) in [6.07, 6.45) is 3.86. The first-order chi connectivity index (χ1) is 10.5. The van der Waals surface area contributed by atoms with Crippen molar-refractivity contribution in [1.29, 1.82) is 0 Å². The van der Waals surface area contributed by atoms with Crippen molar-refractivity contribution < 1.29 is 4.79 Å². The van der Waals surface area contributed by atoms with Crippen molar-refractivity contribution in [2.45, 2.75) is 6.92 Å². The highest BCUT2D eigenvalue weighted by molar-refractivity contribution is 5.96. The minimum atomic E-state index is 0.0654. The maximum atomic E-state index is 12.7. The van der Waals surface area contributed by atoms with E-state index in [4.69, 9.17) is 5.73 Å². The minimum absolute atomic E-state index is 0.0654. The van der Waals surface area contributed by atoms with Crippen LogP contribution in [0.2, 0.25) is 0 Å². The van der Waals surface area contributed by atoms with Gasteiger partial charge in [0.15, 0.2) is 0 Å². The van der Waals surface area contributed by atoms with Gasteiger partial charge in [0.05, 0.1) is 11.9 Å². The van der Waals surface area contributed by atoms with E-state index >= 15 is 0 Å². The predicted molar refractivity (Wildman–Crippen MR) is 86.9 cm³/mol. The number of anilines is 2. The molecule has 0 bridgehead atoms. The number of nitrogen functional groups attached to an aromatic ring is 1. The Kier molecular flexibility index (Phi) is 3.75. The number of benzene rings is 1. The summed E-state index contributed by atoms with van der Waals surface area (Å²) in [6.45, 7) is 5.00. The third kappa shape index (κ3) is 2.77. The minimum Gasteiger partial charge on any atom is -0.399 e. The quantitative estimate of drug-likeness (QED) is 0.848. The highest BCUT2D eigenvalue weighted by Gasteiger charge is 2.23. The smallest absolute Gasteiger partial charge is 0.254 e. The topological polar surface area (TPSA) is 67.4 Å². The van der Waals surface area contributed by atoms with Gasteiger partial charge < -0.3 is 15.5 Å². The average molecular weight is 299 g/mol. The lowest BCUT2D eigenvalue weighted by Crippen LogP contribution is -2.48. The molecule has 1 aliphatic rings. The molecule has 1 amide bonds. The van der Waals surface area contributed by atoms with E-state index in [2.05, 4.69) is 10.00 Å². The second-order valence-electron chi connectivity index (χ2n) is 5.73. The molecule has 0 unspecified atom stereocenters. The first-order valence-corrected chi connectivity index (χ1v) is 7.43. The van der Waals surface area contributed by atoms with E-state index in [0.717, 1.165) is 24.3 Å². The second kappa shape index (κ2) is 5.71. The number of piperazine rings is 1. The van der Waals surface area contributed by atoms with Gasteiger partial charge in [0, 0.05) is 50.7 Å². The Balaban J connectivity index is 1.68. The summed E-state index contributed by atoms with van der Waals surface area (Å²) in [5.41, 5.74) is 9.21. The van der Waals surface area contributed by atoms with Crippen molar-refractivity contribution in [1.82, 2.24) is 14.7 Å². The fourth-order valence-electron chi connectivity index (χ4n) is 2.78. The van der Waals surface area contributed by atoms with E-state index in [1.807, 2.05) is 43.4 Å². The van der Waals surface area contributed by atoms with Gasteiger partial charge in [-0.2, -0.15) is 5.10 Å². The largest absolute Gasteiger partial charge is 0.399 e. The standard InChI is InChI=1S/C16H21N5O/c1-12-3-4-13(17)9-15(12)16(22)21-7-5-20(6-8-21)14-10-18-19(2)11-14/h3-4,9-11H,5-8,17H2,1-2H3.